The molecule has 0 aromatic rings. The number of carbonyl (C=O) groups excluding carboxylic acids is 2. The van der Waals surface area contributed by atoms with Crippen LogP contribution in [0.2, 0.25) is 0 Å². The van der Waals surface area contributed by atoms with E-state index < -0.39 is 17.7 Å². The summed E-state index contributed by atoms with van der Waals surface area (Å²) in [5.41, 5.74) is -0.575. The van der Waals surface area contributed by atoms with Gasteiger partial charge in [-0.1, -0.05) is 13.8 Å². The predicted octanol–water partition coefficient (Wildman–Crippen LogP) is 1.99. The summed E-state index contributed by atoms with van der Waals surface area (Å²) in [6.45, 7) is 10.9. The first kappa shape index (κ1) is 20.7. The summed E-state index contributed by atoms with van der Waals surface area (Å²) in [6, 6.07) is -0.561. The Bertz CT molecular complexity index is 349. The largest absolute Gasteiger partial charge is 0.444 e. The van der Waals surface area contributed by atoms with Gasteiger partial charge in [0.2, 0.25) is 5.91 Å². The fourth-order valence-electron chi connectivity index (χ4n) is 1.88. The van der Waals surface area contributed by atoms with Crippen LogP contribution < -0.4 is 10.6 Å². The van der Waals surface area contributed by atoms with E-state index in [9.17, 15) is 9.59 Å². The summed E-state index contributed by atoms with van der Waals surface area (Å²) in [5, 5.41) is 5.55. The van der Waals surface area contributed by atoms with Crippen molar-refractivity contribution in [2.24, 2.45) is 5.92 Å². The monoisotopic (exact) mass is 315 g/mol. The number of ether oxygens (including phenoxy) is 1. The maximum Gasteiger partial charge on any atom is 0.408 e. The molecule has 130 valence electrons. The minimum atomic E-state index is -0.575. The molecule has 0 aromatic carbocycles. The van der Waals surface area contributed by atoms with Crippen molar-refractivity contribution in [3.05, 3.63) is 0 Å². The molecule has 6 nitrogen and oxygen atoms in total. The van der Waals surface area contributed by atoms with Crippen LogP contribution in [0.4, 0.5) is 4.79 Å². The van der Waals surface area contributed by atoms with Crippen LogP contribution in [0, 0.1) is 5.92 Å². The van der Waals surface area contributed by atoms with E-state index in [4.69, 9.17) is 4.74 Å². The zero-order valence-corrected chi connectivity index (χ0v) is 15.2. The molecule has 0 aromatic heterocycles. The lowest BCUT2D eigenvalue weighted by atomic mass is 10.0. The molecule has 0 aliphatic carbocycles. The first-order valence-corrected chi connectivity index (χ1v) is 7.93. The molecule has 0 radical (unpaired) electrons. The minimum absolute atomic E-state index is 0.154. The summed E-state index contributed by atoms with van der Waals surface area (Å²) in [6.07, 6.45) is 0.903. The molecule has 6 heteroatoms. The quantitative estimate of drug-likeness (QED) is 0.672. The molecule has 0 rings (SSSR count). The Morgan fingerprint density at radius 1 is 1.18 bits per heavy atom. The van der Waals surface area contributed by atoms with Gasteiger partial charge in [-0.15, -0.1) is 0 Å². The van der Waals surface area contributed by atoms with E-state index in [2.05, 4.69) is 15.5 Å². The van der Waals surface area contributed by atoms with E-state index in [-0.39, 0.29) is 5.91 Å². The Morgan fingerprint density at radius 2 is 1.77 bits per heavy atom. The van der Waals surface area contributed by atoms with Crippen LogP contribution >= 0.6 is 0 Å². The average molecular weight is 315 g/mol. The highest BCUT2D eigenvalue weighted by Crippen LogP contribution is 2.09. The number of hydrogen-bond acceptors (Lipinski definition) is 4. The first-order chi connectivity index (χ1) is 10.0. The van der Waals surface area contributed by atoms with E-state index in [1.807, 2.05) is 27.9 Å². The Balaban J connectivity index is 4.43. The number of carbonyl (C=O) groups is 2. The molecule has 22 heavy (non-hydrogen) atoms. The van der Waals surface area contributed by atoms with Gasteiger partial charge in [-0.25, -0.2) is 4.79 Å². The summed E-state index contributed by atoms with van der Waals surface area (Å²) in [7, 11) is 3.99. The molecule has 0 fully saturated rings. The molecule has 0 aliphatic heterocycles. The lowest BCUT2D eigenvalue weighted by Crippen LogP contribution is -2.49. The van der Waals surface area contributed by atoms with Gasteiger partial charge in [0.05, 0.1) is 0 Å². The van der Waals surface area contributed by atoms with E-state index >= 15 is 0 Å². The van der Waals surface area contributed by atoms with Crippen molar-refractivity contribution < 1.29 is 14.3 Å². The SMILES string of the molecule is CC(C)CC(NC(=O)OC(C)(C)C)C(=O)NCCCN(C)C. The van der Waals surface area contributed by atoms with Crippen molar-refractivity contribution >= 4 is 12.0 Å². The Hall–Kier alpha value is -1.30. The second-order valence-electron chi connectivity index (χ2n) is 7.28. The van der Waals surface area contributed by atoms with Crippen molar-refractivity contribution in [2.75, 3.05) is 27.2 Å². The zero-order chi connectivity index (χ0) is 17.3. The first-order valence-electron chi connectivity index (χ1n) is 7.93. The van der Waals surface area contributed by atoms with Crippen LogP contribution in [-0.2, 0) is 9.53 Å². The maximum atomic E-state index is 12.2. The molecule has 0 saturated carbocycles. The topological polar surface area (TPSA) is 70.7 Å². The Morgan fingerprint density at radius 3 is 2.23 bits per heavy atom. The normalized spacial score (nSPS) is 13.1. The van der Waals surface area contributed by atoms with Crippen molar-refractivity contribution in [3.8, 4) is 0 Å². The average Bonchev–Trinajstić information content (AvgIpc) is 2.30. The highest BCUT2D eigenvalue weighted by molar-refractivity contribution is 5.85. The number of nitrogens with zero attached hydrogens (tertiary/aromatic N) is 1. The number of rotatable bonds is 8. The second-order valence-corrected chi connectivity index (χ2v) is 7.28. The summed E-state index contributed by atoms with van der Waals surface area (Å²) >= 11 is 0. The molecule has 2 N–H and O–H groups in total. The van der Waals surface area contributed by atoms with Crippen molar-refractivity contribution in [1.29, 1.82) is 0 Å². The van der Waals surface area contributed by atoms with Crippen LogP contribution in [0.5, 0.6) is 0 Å². The molecule has 1 unspecified atom stereocenters. The third-order valence-electron chi connectivity index (χ3n) is 2.80. The van der Waals surface area contributed by atoms with Crippen molar-refractivity contribution in [3.63, 3.8) is 0 Å². The molecule has 0 bridgehead atoms. The fraction of sp³-hybridized carbons (Fsp3) is 0.875. The lowest BCUT2D eigenvalue weighted by molar-refractivity contribution is -0.123. The Kier molecular flexibility index (Phi) is 9.09. The number of nitrogens with one attached hydrogen (secondary N) is 2. The molecule has 0 aliphatic rings. The van der Waals surface area contributed by atoms with Crippen LogP contribution in [0.3, 0.4) is 0 Å². The van der Waals surface area contributed by atoms with E-state index in [0.29, 0.717) is 18.9 Å². The predicted molar refractivity (Wildman–Crippen MR) is 88.8 cm³/mol. The van der Waals surface area contributed by atoms with Crippen LogP contribution in [0.1, 0.15) is 47.5 Å². The maximum absolute atomic E-state index is 12.2. The van der Waals surface area contributed by atoms with Gasteiger partial charge in [-0.2, -0.15) is 0 Å². The van der Waals surface area contributed by atoms with Gasteiger partial charge in [-0.05, 0) is 60.2 Å². The van der Waals surface area contributed by atoms with Crippen molar-refractivity contribution in [2.45, 2.75) is 59.1 Å². The fourth-order valence-corrected chi connectivity index (χ4v) is 1.88. The Labute approximate surface area is 135 Å². The van der Waals surface area contributed by atoms with Gasteiger partial charge in [-0.3, -0.25) is 4.79 Å². The minimum Gasteiger partial charge on any atom is -0.444 e. The van der Waals surface area contributed by atoms with Crippen LogP contribution in [-0.4, -0.2) is 55.7 Å². The number of amides is 2. The third-order valence-corrected chi connectivity index (χ3v) is 2.80. The molecule has 1 atom stereocenters. The molecular weight excluding hydrogens is 282 g/mol. The smallest absolute Gasteiger partial charge is 0.408 e. The van der Waals surface area contributed by atoms with E-state index in [1.165, 1.54) is 0 Å². The standard InChI is InChI=1S/C16H33N3O3/c1-12(2)11-13(18-15(21)22-16(3,4)5)14(20)17-9-8-10-19(6)7/h12-13H,8-11H2,1-7H3,(H,17,20)(H,18,21). The van der Waals surface area contributed by atoms with Crippen LogP contribution in [0.15, 0.2) is 0 Å². The van der Waals surface area contributed by atoms with Gasteiger partial charge in [0.1, 0.15) is 11.6 Å². The third kappa shape index (κ3) is 11.4. The summed E-state index contributed by atoms with van der Waals surface area (Å²) in [5.74, 6) is 0.144. The summed E-state index contributed by atoms with van der Waals surface area (Å²) in [4.78, 5) is 26.1. The highest BCUT2D eigenvalue weighted by Gasteiger charge is 2.24. The number of hydrogen-bond donors (Lipinski definition) is 2. The molecule has 0 saturated heterocycles. The van der Waals surface area contributed by atoms with E-state index in [1.54, 1.807) is 20.8 Å². The summed E-state index contributed by atoms with van der Waals surface area (Å²) < 4.78 is 5.22. The molecule has 0 heterocycles. The molecule has 2 amide bonds. The van der Waals surface area contributed by atoms with Gasteiger partial charge in [0.15, 0.2) is 0 Å². The molecular formula is C16H33N3O3. The van der Waals surface area contributed by atoms with Crippen molar-refractivity contribution in [1.82, 2.24) is 15.5 Å². The zero-order valence-electron chi connectivity index (χ0n) is 15.2. The van der Waals surface area contributed by atoms with Gasteiger partial charge < -0.3 is 20.3 Å². The lowest BCUT2D eigenvalue weighted by Gasteiger charge is -2.24. The van der Waals surface area contributed by atoms with Gasteiger partial charge in [0.25, 0.3) is 0 Å². The second kappa shape index (κ2) is 9.66. The van der Waals surface area contributed by atoms with Gasteiger partial charge >= 0.3 is 6.09 Å². The van der Waals surface area contributed by atoms with E-state index in [0.717, 1.165) is 13.0 Å². The van der Waals surface area contributed by atoms with Gasteiger partial charge in [0, 0.05) is 6.54 Å². The van der Waals surface area contributed by atoms with Crippen LogP contribution in [0.25, 0.3) is 0 Å². The number of alkyl carbamates (subject to hydrolysis) is 1. The molecule has 0 spiro atoms. The highest BCUT2D eigenvalue weighted by atomic mass is 16.6.